The minimum atomic E-state index is 0.322. The second-order valence-electron chi connectivity index (χ2n) is 7.21. The number of methoxy groups -OCH3 is 1. The largest absolute Gasteiger partial charge is 0.497 e. The molecule has 2 bridgehead atoms. The van der Waals surface area contributed by atoms with Crippen molar-refractivity contribution in [1.82, 2.24) is 9.80 Å². The van der Waals surface area contributed by atoms with Crippen LogP contribution in [0.15, 0.2) is 24.3 Å². The Morgan fingerprint density at radius 2 is 1.92 bits per heavy atom. The van der Waals surface area contributed by atoms with Gasteiger partial charge < -0.3 is 9.64 Å². The molecule has 0 aliphatic carbocycles. The van der Waals surface area contributed by atoms with E-state index in [0.29, 0.717) is 35.6 Å². The SMILES string of the molecule is COc1ccc([C@@H]2CN(C(=O)CSC)[C@@H]3C4CCN(CC4)[C@@H]32)cc1. The number of benzene rings is 1. The van der Waals surface area contributed by atoms with Crippen LogP contribution < -0.4 is 4.74 Å². The van der Waals surface area contributed by atoms with Crippen LogP contribution in [0.1, 0.15) is 24.3 Å². The molecule has 4 aliphatic heterocycles. The van der Waals surface area contributed by atoms with Gasteiger partial charge in [-0.3, -0.25) is 9.69 Å². The molecule has 0 N–H and O–H groups in total. The van der Waals surface area contributed by atoms with Gasteiger partial charge >= 0.3 is 0 Å². The summed E-state index contributed by atoms with van der Waals surface area (Å²) in [7, 11) is 1.70. The summed E-state index contributed by atoms with van der Waals surface area (Å²) in [6, 6.07) is 9.38. The van der Waals surface area contributed by atoms with Crippen molar-refractivity contribution in [3.63, 3.8) is 0 Å². The van der Waals surface area contributed by atoms with Gasteiger partial charge in [0.1, 0.15) is 5.75 Å². The van der Waals surface area contributed by atoms with Crippen molar-refractivity contribution in [2.24, 2.45) is 5.92 Å². The highest BCUT2D eigenvalue weighted by Gasteiger charge is 2.54. The summed E-state index contributed by atoms with van der Waals surface area (Å²) in [5.41, 5.74) is 1.35. The highest BCUT2D eigenvalue weighted by Crippen LogP contribution is 2.46. The summed E-state index contributed by atoms with van der Waals surface area (Å²) >= 11 is 1.64. The zero-order valence-corrected chi connectivity index (χ0v) is 15.3. The molecule has 3 atom stereocenters. The minimum absolute atomic E-state index is 0.322. The lowest BCUT2D eigenvalue weighted by atomic mass is 9.75. The zero-order chi connectivity index (χ0) is 16.7. The molecule has 1 amide bonds. The van der Waals surface area contributed by atoms with Crippen molar-refractivity contribution in [2.45, 2.75) is 30.8 Å². The normalized spacial score (nSPS) is 34.2. The molecule has 4 heterocycles. The van der Waals surface area contributed by atoms with Gasteiger partial charge in [0.15, 0.2) is 0 Å². The summed E-state index contributed by atoms with van der Waals surface area (Å²) in [5.74, 6) is 2.94. The smallest absolute Gasteiger partial charge is 0.232 e. The Labute approximate surface area is 148 Å². The summed E-state index contributed by atoms with van der Waals surface area (Å²) in [6.45, 7) is 3.26. The molecule has 1 aromatic carbocycles. The van der Waals surface area contributed by atoms with E-state index in [1.54, 1.807) is 18.9 Å². The Bertz CT molecular complexity index is 598. The van der Waals surface area contributed by atoms with Crippen LogP contribution in [-0.4, -0.2) is 66.5 Å². The van der Waals surface area contributed by atoms with Gasteiger partial charge in [0.25, 0.3) is 0 Å². The maximum Gasteiger partial charge on any atom is 0.232 e. The number of piperidine rings is 3. The predicted octanol–water partition coefficient (Wildman–Crippen LogP) is 2.45. The van der Waals surface area contributed by atoms with Crippen LogP contribution in [0.25, 0.3) is 0 Å². The second-order valence-corrected chi connectivity index (χ2v) is 8.08. The zero-order valence-electron chi connectivity index (χ0n) is 14.5. The molecule has 4 saturated heterocycles. The van der Waals surface area contributed by atoms with Crippen molar-refractivity contribution in [3.05, 3.63) is 29.8 Å². The topological polar surface area (TPSA) is 32.8 Å². The van der Waals surface area contributed by atoms with E-state index in [4.69, 9.17) is 4.74 Å². The van der Waals surface area contributed by atoms with Gasteiger partial charge in [-0.25, -0.2) is 0 Å². The molecule has 1 aromatic rings. The molecule has 5 heteroatoms. The molecule has 130 valence electrons. The number of carbonyl (C=O) groups excluding carboxylic acids is 1. The number of amides is 1. The van der Waals surface area contributed by atoms with Crippen molar-refractivity contribution in [3.8, 4) is 5.75 Å². The quantitative estimate of drug-likeness (QED) is 0.838. The van der Waals surface area contributed by atoms with Crippen LogP contribution in [0.4, 0.5) is 0 Å². The lowest BCUT2D eigenvalue weighted by Gasteiger charge is -2.51. The fourth-order valence-electron chi connectivity index (χ4n) is 5.06. The lowest BCUT2D eigenvalue weighted by Crippen LogP contribution is -2.60. The number of likely N-dealkylation sites (tertiary alicyclic amines) is 1. The average molecular weight is 346 g/mol. The molecule has 0 saturated carbocycles. The molecule has 5 rings (SSSR count). The van der Waals surface area contributed by atoms with Crippen LogP contribution in [0.2, 0.25) is 0 Å². The first-order chi connectivity index (χ1) is 11.7. The first-order valence-electron chi connectivity index (χ1n) is 8.89. The molecular weight excluding hydrogens is 320 g/mol. The molecule has 0 radical (unpaired) electrons. The predicted molar refractivity (Wildman–Crippen MR) is 97.7 cm³/mol. The van der Waals surface area contributed by atoms with Crippen LogP contribution in [0.5, 0.6) is 5.75 Å². The average Bonchev–Trinajstić information content (AvgIpc) is 3.06. The Balaban J connectivity index is 1.65. The van der Waals surface area contributed by atoms with Crippen LogP contribution in [0.3, 0.4) is 0 Å². The number of nitrogens with zero attached hydrogens (tertiary/aromatic N) is 2. The van der Waals surface area contributed by atoms with Crippen LogP contribution in [0, 0.1) is 5.92 Å². The van der Waals surface area contributed by atoms with E-state index >= 15 is 0 Å². The summed E-state index contributed by atoms with van der Waals surface area (Å²) in [6.07, 6.45) is 4.52. The van der Waals surface area contributed by atoms with Crippen LogP contribution in [-0.2, 0) is 4.79 Å². The van der Waals surface area contributed by atoms with Crippen molar-refractivity contribution >= 4 is 17.7 Å². The molecule has 0 aromatic heterocycles. The molecule has 0 unspecified atom stereocenters. The Morgan fingerprint density at radius 3 is 2.54 bits per heavy atom. The third-order valence-corrected chi connectivity index (χ3v) is 6.66. The maximum absolute atomic E-state index is 12.7. The van der Waals surface area contributed by atoms with E-state index in [2.05, 4.69) is 21.9 Å². The number of fused-ring (bicyclic) bond motifs is 2. The van der Waals surface area contributed by atoms with Gasteiger partial charge in [-0.1, -0.05) is 12.1 Å². The lowest BCUT2D eigenvalue weighted by molar-refractivity contribution is -0.133. The minimum Gasteiger partial charge on any atom is -0.497 e. The monoisotopic (exact) mass is 346 g/mol. The fraction of sp³-hybridized carbons (Fsp3) is 0.632. The number of carbonyl (C=O) groups is 1. The number of thioether (sulfide) groups is 1. The van der Waals surface area contributed by atoms with E-state index in [9.17, 15) is 4.79 Å². The summed E-state index contributed by atoms with van der Waals surface area (Å²) < 4.78 is 5.30. The first-order valence-corrected chi connectivity index (χ1v) is 10.3. The van der Waals surface area contributed by atoms with Gasteiger partial charge in [0, 0.05) is 18.5 Å². The van der Waals surface area contributed by atoms with E-state index in [0.717, 1.165) is 12.3 Å². The standard InChI is InChI=1S/C19H26N2O2S/c1-23-15-5-3-13(4-6-15)16-11-21(17(22)12-24-2)18-14-7-9-20(10-8-14)19(16)18/h3-6,14,16,18-19H,7-12H2,1-2H3/t16-,18+,19+/m0/s1. The van der Waals surface area contributed by atoms with Gasteiger partial charge in [-0.15, -0.1) is 0 Å². The highest BCUT2D eigenvalue weighted by atomic mass is 32.2. The van der Waals surface area contributed by atoms with E-state index < -0.39 is 0 Å². The van der Waals surface area contributed by atoms with Gasteiger partial charge in [0.2, 0.25) is 5.91 Å². The van der Waals surface area contributed by atoms with Gasteiger partial charge in [-0.05, 0) is 55.8 Å². The molecule has 0 spiro atoms. The summed E-state index contributed by atoms with van der Waals surface area (Å²) in [5, 5.41) is 0. The molecule has 4 fully saturated rings. The van der Waals surface area contributed by atoms with Crippen LogP contribution >= 0.6 is 11.8 Å². The molecule has 4 aliphatic rings. The van der Waals surface area contributed by atoms with E-state index in [1.165, 1.54) is 31.5 Å². The highest BCUT2D eigenvalue weighted by molar-refractivity contribution is 7.99. The molecule has 24 heavy (non-hydrogen) atoms. The number of ether oxygens (including phenoxy) is 1. The van der Waals surface area contributed by atoms with E-state index in [1.807, 2.05) is 18.4 Å². The molecule has 4 nitrogen and oxygen atoms in total. The van der Waals surface area contributed by atoms with Crippen molar-refractivity contribution in [1.29, 1.82) is 0 Å². The number of hydrogen-bond acceptors (Lipinski definition) is 4. The fourth-order valence-corrected chi connectivity index (χ4v) is 5.47. The van der Waals surface area contributed by atoms with Gasteiger partial charge in [-0.2, -0.15) is 11.8 Å². The maximum atomic E-state index is 12.7. The Hall–Kier alpha value is -1.20. The van der Waals surface area contributed by atoms with Gasteiger partial charge in [0.05, 0.1) is 18.9 Å². The number of rotatable bonds is 4. The second kappa shape index (κ2) is 6.60. The van der Waals surface area contributed by atoms with E-state index in [-0.39, 0.29) is 0 Å². The van der Waals surface area contributed by atoms with Crippen molar-refractivity contribution in [2.75, 3.05) is 38.8 Å². The summed E-state index contributed by atoms with van der Waals surface area (Å²) in [4.78, 5) is 17.6. The first kappa shape index (κ1) is 16.3. The molecular formula is C19H26N2O2S. The third kappa shape index (κ3) is 2.62. The third-order valence-electron chi connectivity index (χ3n) is 6.13. The van der Waals surface area contributed by atoms with Crippen molar-refractivity contribution < 1.29 is 9.53 Å². The number of hydrogen-bond donors (Lipinski definition) is 0. The Morgan fingerprint density at radius 1 is 1.21 bits per heavy atom. The Kier molecular flexibility index (Phi) is 4.48.